The third-order valence-corrected chi connectivity index (χ3v) is 9.39. The topological polar surface area (TPSA) is 72.2 Å². The molecule has 0 heterocycles. The Morgan fingerprint density at radius 1 is 0.523 bits per heavy atom. The number of rotatable bonds is 35. The van der Waals surface area contributed by atoms with E-state index in [0.717, 1.165) is 32.1 Å². The number of carbonyl (C=O) groups excluding carboxylic acids is 2. The molecule has 0 aliphatic heterocycles. The Bertz CT molecular complexity index is 647. The van der Waals surface area contributed by atoms with Crippen LogP contribution in [0.2, 0.25) is 0 Å². The van der Waals surface area contributed by atoms with Crippen molar-refractivity contribution in [2.45, 2.75) is 226 Å². The van der Waals surface area contributed by atoms with E-state index >= 15 is 0 Å². The third-order valence-electron chi connectivity index (χ3n) is 9.39. The van der Waals surface area contributed by atoms with Crippen LogP contribution in [0.5, 0.6) is 0 Å². The lowest BCUT2D eigenvalue weighted by Gasteiger charge is -2.22. The lowest BCUT2D eigenvalue weighted by molar-refractivity contribution is -0.125. The Morgan fingerprint density at radius 2 is 0.864 bits per heavy atom. The fraction of sp³-hybridized carbons (Fsp3) is 0.900. The first kappa shape index (κ1) is 42.7. The van der Waals surface area contributed by atoms with E-state index in [4.69, 9.17) is 5.73 Å². The van der Waals surface area contributed by atoms with E-state index in [1.165, 1.54) is 161 Å². The summed E-state index contributed by atoms with van der Waals surface area (Å²) in [6.07, 6.45) is 43.8. The molecule has 260 valence electrons. The molecule has 0 saturated carbocycles. The van der Waals surface area contributed by atoms with Crippen LogP contribution in [0, 0.1) is 5.92 Å². The summed E-state index contributed by atoms with van der Waals surface area (Å²) in [7, 11) is 0. The maximum absolute atomic E-state index is 12.5. The maximum atomic E-state index is 12.5. The second-order valence-electron chi connectivity index (χ2n) is 13.8. The molecule has 0 aromatic carbocycles. The summed E-state index contributed by atoms with van der Waals surface area (Å²) in [5.41, 5.74) is 5.71. The van der Waals surface area contributed by atoms with Crippen molar-refractivity contribution in [3.63, 3.8) is 0 Å². The zero-order valence-corrected chi connectivity index (χ0v) is 30.1. The van der Waals surface area contributed by atoms with E-state index < -0.39 is 0 Å². The number of carbonyl (C=O) groups is 2. The van der Waals surface area contributed by atoms with Gasteiger partial charge < -0.3 is 11.1 Å². The number of unbranched alkanes of at least 4 members (excludes halogenated alkanes) is 26. The standard InChI is InChI=1S/C40H78N2O2/c1-4-6-8-10-12-14-16-18-19-20-21-22-23-24-26-28-30-32-34-36-39(43)42-37(3)38(40(41)44)35-33-31-29-27-25-17-15-13-11-9-7-5-2/h18-19,37-38H,4-17,20-36H2,1-3H3,(H2,41,44)(H,42,43). The molecule has 4 nitrogen and oxygen atoms in total. The van der Waals surface area contributed by atoms with Crippen LogP contribution in [0.25, 0.3) is 0 Å². The van der Waals surface area contributed by atoms with Gasteiger partial charge in [-0.2, -0.15) is 0 Å². The Hall–Kier alpha value is -1.32. The molecule has 4 heteroatoms. The number of nitrogens with two attached hydrogens (primary N) is 1. The summed E-state index contributed by atoms with van der Waals surface area (Å²) in [5.74, 6) is -0.469. The SMILES string of the molecule is CCCCCCCCC=CCCCCCCCCCCCC(=O)NC(C)C(CCCCCCCCCCCCCC)C(N)=O. The summed E-state index contributed by atoms with van der Waals surface area (Å²) < 4.78 is 0. The molecule has 0 aromatic heterocycles. The van der Waals surface area contributed by atoms with Crippen molar-refractivity contribution in [1.29, 1.82) is 0 Å². The second-order valence-corrected chi connectivity index (χ2v) is 13.8. The molecule has 0 radical (unpaired) electrons. The summed E-state index contributed by atoms with van der Waals surface area (Å²) in [6.45, 7) is 6.49. The summed E-state index contributed by atoms with van der Waals surface area (Å²) in [6, 6.07) is -0.177. The molecule has 0 aromatic rings. The van der Waals surface area contributed by atoms with Gasteiger partial charge in [0.15, 0.2) is 0 Å². The molecular weight excluding hydrogens is 540 g/mol. The van der Waals surface area contributed by atoms with Crippen molar-refractivity contribution in [3.8, 4) is 0 Å². The van der Waals surface area contributed by atoms with Crippen molar-refractivity contribution >= 4 is 11.8 Å². The van der Waals surface area contributed by atoms with E-state index in [1.807, 2.05) is 6.92 Å². The van der Waals surface area contributed by atoms with E-state index in [1.54, 1.807) is 0 Å². The minimum Gasteiger partial charge on any atom is -0.369 e. The van der Waals surface area contributed by atoms with Gasteiger partial charge in [0.2, 0.25) is 11.8 Å². The lowest BCUT2D eigenvalue weighted by Crippen LogP contribution is -2.43. The van der Waals surface area contributed by atoms with Crippen molar-refractivity contribution in [2.75, 3.05) is 0 Å². The van der Waals surface area contributed by atoms with Gasteiger partial charge in [-0.25, -0.2) is 0 Å². The van der Waals surface area contributed by atoms with Crippen LogP contribution < -0.4 is 11.1 Å². The van der Waals surface area contributed by atoms with Crippen molar-refractivity contribution in [1.82, 2.24) is 5.32 Å². The van der Waals surface area contributed by atoms with Gasteiger partial charge in [-0.3, -0.25) is 9.59 Å². The van der Waals surface area contributed by atoms with Crippen LogP contribution in [0.4, 0.5) is 0 Å². The Morgan fingerprint density at radius 3 is 1.25 bits per heavy atom. The van der Waals surface area contributed by atoms with Gasteiger partial charge in [-0.15, -0.1) is 0 Å². The smallest absolute Gasteiger partial charge is 0.222 e. The first-order valence-corrected chi connectivity index (χ1v) is 19.8. The second kappa shape index (κ2) is 34.6. The highest BCUT2D eigenvalue weighted by atomic mass is 16.2. The monoisotopic (exact) mass is 619 g/mol. The first-order valence-electron chi connectivity index (χ1n) is 19.8. The summed E-state index contributed by atoms with van der Waals surface area (Å²) in [4.78, 5) is 24.5. The van der Waals surface area contributed by atoms with Crippen LogP contribution in [0.15, 0.2) is 12.2 Å². The normalized spacial score (nSPS) is 13.0. The van der Waals surface area contributed by atoms with Crippen LogP contribution in [0.3, 0.4) is 0 Å². The molecule has 0 aliphatic rings. The van der Waals surface area contributed by atoms with Crippen LogP contribution in [-0.2, 0) is 9.59 Å². The fourth-order valence-corrected chi connectivity index (χ4v) is 6.33. The summed E-state index contributed by atoms with van der Waals surface area (Å²) >= 11 is 0. The number of nitrogens with one attached hydrogen (secondary N) is 1. The van der Waals surface area contributed by atoms with E-state index in [2.05, 4.69) is 31.3 Å². The average Bonchev–Trinajstić information content (AvgIpc) is 3.00. The lowest BCUT2D eigenvalue weighted by atomic mass is 9.93. The van der Waals surface area contributed by atoms with Crippen LogP contribution >= 0.6 is 0 Å². The number of allylic oxidation sites excluding steroid dienone is 2. The van der Waals surface area contributed by atoms with Gasteiger partial charge in [0.1, 0.15) is 0 Å². The fourth-order valence-electron chi connectivity index (χ4n) is 6.33. The molecule has 3 N–H and O–H groups in total. The average molecular weight is 619 g/mol. The van der Waals surface area contributed by atoms with Gasteiger partial charge in [0, 0.05) is 12.5 Å². The molecule has 0 bridgehead atoms. The van der Waals surface area contributed by atoms with Gasteiger partial charge in [0.25, 0.3) is 0 Å². The molecule has 0 fully saturated rings. The van der Waals surface area contributed by atoms with Crippen molar-refractivity contribution in [2.24, 2.45) is 11.7 Å². The highest BCUT2D eigenvalue weighted by molar-refractivity contribution is 5.80. The molecule has 0 rings (SSSR count). The molecule has 0 saturated heterocycles. The highest BCUT2D eigenvalue weighted by Gasteiger charge is 2.23. The quantitative estimate of drug-likeness (QED) is 0.0548. The molecule has 2 unspecified atom stereocenters. The van der Waals surface area contributed by atoms with Gasteiger partial charge in [-0.1, -0.05) is 180 Å². The van der Waals surface area contributed by atoms with E-state index in [0.29, 0.717) is 6.42 Å². The van der Waals surface area contributed by atoms with Crippen molar-refractivity contribution < 1.29 is 9.59 Å². The molecule has 2 atom stereocenters. The minimum atomic E-state index is -0.277. The minimum absolute atomic E-state index is 0.0690. The van der Waals surface area contributed by atoms with E-state index in [-0.39, 0.29) is 23.8 Å². The zero-order chi connectivity index (χ0) is 32.4. The Balaban J connectivity index is 3.63. The maximum Gasteiger partial charge on any atom is 0.222 e. The number of hydrogen-bond acceptors (Lipinski definition) is 2. The molecule has 0 spiro atoms. The largest absolute Gasteiger partial charge is 0.369 e. The molecular formula is C40H78N2O2. The third kappa shape index (κ3) is 30.7. The summed E-state index contributed by atoms with van der Waals surface area (Å²) in [5, 5.41) is 3.07. The Kier molecular flexibility index (Phi) is 33.5. The predicted molar refractivity (Wildman–Crippen MR) is 194 cm³/mol. The van der Waals surface area contributed by atoms with Gasteiger partial charge in [-0.05, 0) is 45.4 Å². The van der Waals surface area contributed by atoms with E-state index in [9.17, 15) is 9.59 Å². The number of hydrogen-bond donors (Lipinski definition) is 2. The molecule has 44 heavy (non-hydrogen) atoms. The van der Waals surface area contributed by atoms with Gasteiger partial charge in [0.05, 0.1) is 5.92 Å². The van der Waals surface area contributed by atoms with Crippen LogP contribution in [-0.4, -0.2) is 17.9 Å². The number of primary amides is 1. The van der Waals surface area contributed by atoms with Crippen molar-refractivity contribution in [3.05, 3.63) is 12.2 Å². The first-order chi connectivity index (χ1) is 21.5. The Labute approximate surface area is 275 Å². The molecule has 2 amide bonds. The highest BCUT2D eigenvalue weighted by Crippen LogP contribution is 2.18. The zero-order valence-electron chi connectivity index (χ0n) is 30.1. The molecule has 0 aliphatic carbocycles. The number of amides is 2. The van der Waals surface area contributed by atoms with Crippen LogP contribution in [0.1, 0.15) is 220 Å². The van der Waals surface area contributed by atoms with Gasteiger partial charge >= 0.3 is 0 Å². The predicted octanol–water partition coefficient (Wildman–Crippen LogP) is 12.3.